The van der Waals surface area contributed by atoms with Crippen LogP contribution in [0.5, 0.6) is 10.9 Å². The first-order chi connectivity index (χ1) is 8.60. The summed E-state index contributed by atoms with van der Waals surface area (Å²) in [6.07, 6.45) is 0. The molecule has 0 bridgehead atoms. The number of aromatic nitrogens is 1. The van der Waals surface area contributed by atoms with Crippen molar-refractivity contribution in [2.24, 2.45) is 0 Å². The van der Waals surface area contributed by atoms with Crippen LogP contribution in [0.15, 0.2) is 24.3 Å². The average molecular weight is 284 g/mol. The third-order valence-corrected chi connectivity index (χ3v) is 3.85. The summed E-state index contributed by atoms with van der Waals surface area (Å²) >= 11 is 7.11. The Morgan fingerprint density at radius 1 is 1.44 bits per heavy atom. The summed E-state index contributed by atoms with van der Waals surface area (Å²) in [5.74, 6) is 1.18. The van der Waals surface area contributed by atoms with Crippen molar-refractivity contribution in [1.29, 1.82) is 0 Å². The standard InChI is InChI=1S/C13H14ClNO2S/c1-8(2)9-4-3-5-10(6-9)17-13-15-12(14)11(7-16)18-13/h3-6,8,16H,7H2,1-2H3. The molecule has 5 heteroatoms. The molecule has 3 nitrogen and oxygen atoms in total. The number of rotatable bonds is 4. The van der Waals surface area contributed by atoms with Gasteiger partial charge in [0.05, 0.1) is 11.5 Å². The Bertz CT molecular complexity index is 540. The summed E-state index contributed by atoms with van der Waals surface area (Å²) in [6.45, 7) is 4.14. The molecule has 2 rings (SSSR count). The lowest BCUT2D eigenvalue weighted by atomic mass is 10.0. The molecular formula is C13H14ClNO2S. The van der Waals surface area contributed by atoms with E-state index in [4.69, 9.17) is 21.4 Å². The highest BCUT2D eigenvalue weighted by molar-refractivity contribution is 7.13. The molecule has 1 aromatic carbocycles. The van der Waals surface area contributed by atoms with Crippen LogP contribution in [0.3, 0.4) is 0 Å². The van der Waals surface area contributed by atoms with E-state index in [0.29, 0.717) is 21.1 Å². The van der Waals surface area contributed by atoms with Crippen molar-refractivity contribution in [3.63, 3.8) is 0 Å². The predicted molar refractivity (Wildman–Crippen MR) is 73.7 cm³/mol. The molecule has 1 N–H and O–H groups in total. The number of benzene rings is 1. The number of hydrogen-bond donors (Lipinski definition) is 1. The molecule has 0 amide bonds. The number of halogens is 1. The first kappa shape index (κ1) is 13.3. The van der Waals surface area contributed by atoms with Crippen LogP contribution in [0.4, 0.5) is 0 Å². The number of aliphatic hydroxyl groups is 1. The van der Waals surface area contributed by atoms with Crippen LogP contribution < -0.4 is 4.74 Å². The van der Waals surface area contributed by atoms with Crippen LogP contribution in [-0.2, 0) is 6.61 Å². The SMILES string of the molecule is CC(C)c1cccc(Oc2nc(Cl)c(CO)s2)c1. The average Bonchev–Trinajstić information content (AvgIpc) is 2.69. The van der Waals surface area contributed by atoms with Gasteiger partial charge in [0.2, 0.25) is 0 Å². The van der Waals surface area contributed by atoms with Crippen molar-refractivity contribution < 1.29 is 9.84 Å². The van der Waals surface area contributed by atoms with Gasteiger partial charge in [-0.25, -0.2) is 0 Å². The van der Waals surface area contributed by atoms with Gasteiger partial charge in [0.25, 0.3) is 5.19 Å². The van der Waals surface area contributed by atoms with Gasteiger partial charge >= 0.3 is 0 Å². The molecule has 1 heterocycles. The molecule has 2 aromatic rings. The van der Waals surface area contributed by atoms with Crippen molar-refractivity contribution >= 4 is 22.9 Å². The van der Waals surface area contributed by atoms with E-state index in [2.05, 4.69) is 24.9 Å². The van der Waals surface area contributed by atoms with Crippen LogP contribution in [0.1, 0.15) is 30.2 Å². The monoisotopic (exact) mass is 283 g/mol. The first-order valence-corrected chi connectivity index (χ1v) is 6.83. The Morgan fingerprint density at radius 2 is 2.22 bits per heavy atom. The fourth-order valence-electron chi connectivity index (χ4n) is 1.49. The maximum atomic E-state index is 9.05. The Balaban J connectivity index is 2.20. The summed E-state index contributed by atoms with van der Waals surface area (Å²) in [4.78, 5) is 4.67. The van der Waals surface area contributed by atoms with E-state index in [1.807, 2.05) is 18.2 Å². The highest BCUT2D eigenvalue weighted by atomic mass is 35.5. The lowest BCUT2D eigenvalue weighted by molar-refractivity contribution is 0.285. The zero-order valence-corrected chi connectivity index (χ0v) is 11.8. The normalized spacial score (nSPS) is 10.9. The van der Waals surface area contributed by atoms with Gasteiger partial charge in [0.1, 0.15) is 10.9 Å². The van der Waals surface area contributed by atoms with E-state index in [1.165, 1.54) is 16.9 Å². The van der Waals surface area contributed by atoms with E-state index >= 15 is 0 Å². The molecule has 96 valence electrons. The fraction of sp³-hybridized carbons (Fsp3) is 0.308. The molecule has 0 unspecified atom stereocenters. The topological polar surface area (TPSA) is 42.4 Å². The van der Waals surface area contributed by atoms with Crippen LogP contribution in [0.25, 0.3) is 0 Å². The quantitative estimate of drug-likeness (QED) is 0.914. The summed E-state index contributed by atoms with van der Waals surface area (Å²) in [5, 5.41) is 9.80. The largest absolute Gasteiger partial charge is 0.431 e. The van der Waals surface area contributed by atoms with E-state index in [-0.39, 0.29) is 6.61 Å². The van der Waals surface area contributed by atoms with Gasteiger partial charge in [-0.2, -0.15) is 4.98 Å². The van der Waals surface area contributed by atoms with Crippen LogP contribution >= 0.6 is 22.9 Å². The van der Waals surface area contributed by atoms with Crippen molar-refractivity contribution in [3.8, 4) is 10.9 Å². The van der Waals surface area contributed by atoms with Crippen LogP contribution in [0, 0.1) is 0 Å². The molecule has 0 aliphatic heterocycles. The lowest BCUT2D eigenvalue weighted by Gasteiger charge is -2.07. The second-order valence-electron chi connectivity index (χ2n) is 4.18. The van der Waals surface area contributed by atoms with Crippen LogP contribution in [0.2, 0.25) is 5.15 Å². The minimum Gasteiger partial charge on any atom is -0.431 e. The Hall–Kier alpha value is -1.10. The molecule has 0 saturated carbocycles. The molecule has 0 atom stereocenters. The highest BCUT2D eigenvalue weighted by Gasteiger charge is 2.10. The number of thiazole rings is 1. The molecule has 18 heavy (non-hydrogen) atoms. The summed E-state index contributed by atoms with van der Waals surface area (Å²) in [6, 6.07) is 7.87. The van der Waals surface area contributed by atoms with Crippen molar-refractivity contribution in [2.45, 2.75) is 26.4 Å². The molecule has 1 aromatic heterocycles. The molecule has 0 radical (unpaired) electrons. The molecule has 0 spiro atoms. The van der Waals surface area contributed by atoms with Crippen molar-refractivity contribution in [1.82, 2.24) is 4.98 Å². The van der Waals surface area contributed by atoms with Gasteiger partial charge in [-0.3, -0.25) is 0 Å². The molecule has 0 saturated heterocycles. The van der Waals surface area contributed by atoms with E-state index < -0.39 is 0 Å². The van der Waals surface area contributed by atoms with Gasteiger partial charge < -0.3 is 9.84 Å². The fourth-order valence-corrected chi connectivity index (χ4v) is 2.47. The van der Waals surface area contributed by atoms with Gasteiger partial charge in [0.15, 0.2) is 0 Å². The predicted octanol–water partition coefficient (Wildman–Crippen LogP) is 4.20. The number of nitrogens with zero attached hydrogens (tertiary/aromatic N) is 1. The van der Waals surface area contributed by atoms with E-state index in [1.54, 1.807) is 0 Å². The van der Waals surface area contributed by atoms with E-state index in [0.717, 1.165) is 5.75 Å². The summed E-state index contributed by atoms with van der Waals surface area (Å²) in [5.41, 5.74) is 1.21. The molecule has 0 aliphatic rings. The number of aliphatic hydroxyl groups excluding tert-OH is 1. The maximum absolute atomic E-state index is 9.05. The maximum Gasteiger partial charge on any atom is 0.280 e. The summed E-state index contributed by atoms with van der Waals surface area (Å²) in [7, 11) is 0. The number of hydrogen-bond acceptors (Lipinski definition) is 4. The third-order valence-electron chi connectivity index (χ3n) is 2.50. The molecule has 0 fully saturated rings. The smallest absolute Gasteiger partial charge is 0.280 e. The molecule has 0 aliphatic carbocycles. The Labute approximate surface area is 115 Å². The second-order valence-corrected chi connectivity index (χ2v) is 5.59. The van der Waals surface area contributed by atoms with Gasteiger partial charge in [-0.15, -0.1) is 0 Å². The van der Waals surface area contributed by atoms with Gasteiger partial charge in [-0.05, 0) is 23.6 Å². The van der Waals surface area contributed by atoms with E-state index in [9.17, 15) is 0 Å². The Morgan fingerprint density at radius 3 is 2.83 bits per heavy atom. The Kier molecular flexibility index (Phi) is 4.22. The second kappa shape index (κ2) is 5.69. The van der Waals surface area contributed by atoms with Gasteiger partial charge in [-0.1, -0.05) is 48.9 Å². The van der Waals surface area contributed by atoms with Gasteiger partial charge in [0, 0.05) is 0 Å². The van der Waals surface area contributed by atoms with Crippen LogP contribution in [-0.4, -0.2) is 10.1 Å². The zero-order chi connectivity index (χ0) is 13.1. The van der Waals surface area contributed by atoms with Crippen molar-refractivity contribution in [2.75, 3.05) is 0 Å². The van der Waals surface area contributed by atoms with Crippen molar-refractivity contribution in [3.05, 3.63) is 39.9 Å². The lowest BCUT2D eigenvalue weighted by Crippen LogP contribution is -1.89. The molecular weight excluding hydrogens is 270 g/mol. The highest BCUT2D eigenvalue weighted by Crippen LogP contribution is 2.32. The minimum atomic E-state index is -0.119. The third kappa shape index (κ3) is 3.02. The first-order valence-electron chi connectivity index (χ1n) is 5.64. The zero-order valence-electron chi connectivity index (χ0n) is 10.2. The summed E-state index contributed by atoms with van der Waals surface area (Å²) < 4.78 is 5.64. The minimum absolute atomic E-state index is 0.119. The number of ether oxygens (including phenoxy) is 1.